The van der Waals surface area contributed by atoms with E-state index in [4.69, 9.17) is 9.47 Å². The van der Waals surface area contributed by atoms with Gasteiger partial charge in [0, 0.05) is 13.2 Å². The summed E-state index contributed by atoms with van der Waals surface area (Å²) in [6.07, 6.45) is 2.67. The average Bonchev–Trinajstić information content (AvgIpc) is 3.22. The zero-order valence-corrected chi connectivity index (χ0v) is 13.2. The van der Waals surface area contributed by atoms with Crippen LogP contribution in [0.5, 0.6) is 5.75 Å². The van der Waals surface area contributed by atoms with Gasteiger partial charge in [-0.05, 0) is 58.9 Å². The highest BCUT2D eigenvalue weighted by molar-refractivity contribution is 9.10. The standard InChI is InChI=1S/C15H22BrNO2/c1-3-17-15(11-4-5-11)12-6-7-14(13(16)10-12)19-9-8-18-2/h6-7,10-11,15,17H,3-5,8-9H2,1-2H3. The average molecular weight is 328 g/mol. The van der Waals surface area contributed by atoms with Gasteiger partial charge < -0.3 is 14.8 Å². The third-order valence-corrected chi connectivity index (χ3v) is 4.00. The molecule has 1 atom stereocenters. The topological polar surface area (TPSA) is 30.5 Å². The summed E-state index contributed by atoms with van der Waals surface area (Å²) in [5.41, 5.74) is 1.34. The molecule has 19 heavy (non-hydrogen) atoms. The number of rotatable bonds is 8. The van der Waals surface area contributed by atoms with Crippen LogP contribution in [-0.4, -0.2) is 26.9 Å². The molecule has 106 valence electrons. The van der Waals surface area contributed by atoms with E-state index in [0.717, 1.165) is 22.7 Å². The van der Waals surface area contributed by atoms with Gasteiger partial charge in [0.1, 0.15) is 12.4 Å². The Morgan fingerprint density at radius 3 is 2.74 bits per heavy atom. The van der Waals surface area contributed by atoms with Crippen molar-refractivity contribution < 1.29 is 9.47 Å². The first-order valence-corrected chi connectivity index (χ1v) is 7.70. The SMILES string of the molecule is CCNC(c1ccc(OCCOC)c(Br)c1)C1CC1. The Labute approximate surface area is 123 Å². The Kier molecular flexibility index (Phi) is 5.67. The number of nitrogens with one attached hydrogen (secondary N) is 1. The van der Waals surface area contributed by atoms with Gasteiger partial charge in [-0.15, -0.1) is 0 Å². The van der Waals surface area contributed by atoms with Gasteiger partial charge in [0.15, 0.2) is 0 Å². The lowest BCUT2D eigenvalue weighted by molar-refractivity contribution is 0.146. The summed E-state index contributed by atoms with van der Waals surface area (Å²) in [5.74, 6) is 1.68. The van der Waals surface area contributed by atoms with E-state index in [9.17, 15) is 0 Å². The summed E-state index contributed by atoms with van der Waals surface area (Å²) in [4.78, 5) is 0. The summed E-state index contributed by atoms with van der Waals surface area (Å²) in [6, 6.07) is 6.86. The lowest BCUT2D eigenvalue weighted by Crippen LogP contribution is -2.22. The van der Waals surface area contributed by atoms with E-state index in [2.05, 4.69) is 40.3 Å². The highest BCUT2D eigenvalue weighted by Gasteiger charge is 2.31. The number of halogens is 1. The fraction of sp³-hybridized carbons (Fsp3) is 0.600. The van der Waals surface area contributed by atoms with Crippen LogP contribution in [0.1, 0.15) is 31.4 Å². The van der Waals surface area contributed by atoms with Crippen LogP contribution in [0.3, 0.4) is 0 Å². The first-order chi connectivity index (χ1) is 9.26. The van der Waals surface area contributed by atoms with Crippen LogP contribution < -0.4 is 10.1 Å². The molecule has 1 aliphatic rings. The molecule has 4 heteroatoms. The van der Waals surface area contributed by atoms with Crippen LogP contribution >= 0.6 is 15.9 Å². The lowest BCUT2D eigenvalue weighted by Gasteiger charge is -2.19. The molecule has 1 N–H and O–H groups in total. The van der Waals surface area contributed by atoms with E-state index < -0.39 is 0 Å². The first-order valence-electron chi connectivity index (χ1n) is 6.90. The minimum atomic E-state index is 0.481. The summed E-state index contributed by atoms with van der Waals surface area (Å²) < 4.78 is 11.7. The van der Waals surface area contributed by atoms with E-state index >= 15 is 0 Å². The monoisotopic (exact) mass is 327 g/mol. The highest BCUT2D eigenvalue weighted by atomic mass is 79.9. The van der Waals surface area contributed by atoms with Crippen LogP contribution in [0.25, 0.3) is 0 Å². The first kappa shape index (κ1) is 14.8. The Bertz CT molecular complexity index is 407. The molecule has 2 rings (SSSR count). The van der Waals surface area contributed by atoms with Crippen molar-refractivity contribution in [1.82, 2.24) is 5.32 Å². The summed E-state index contributed by atoms with van der Waals surface area (Å²) in [6.45, 7) is 4.35. The van der Waals surface area contributed by atoms with Gasteiger partial charge in [0.2, 0.25) is 0 Å². The van der Waals surface area contributed by atoms with Gasteiger partial charge in [-0.3, -0.25) is 0 Å². The van der Waals surface area contributed by atoms with Gasteiger partial charge in [-0.2, -0.15) is 0 Å². The van der Waals surface area contributed by atoms with Gasteiger partial charge in [-0.1, -0.05) is 13.0 Å². The predicted molar refractivity (Wildman–Crippen MR) is 80.7 cm³/mol. The van der Waals surface area contributed by atoms with Crippen LogP contribution in [0, 0.1) is 5.92 Å². The van der Waals surface area contributed by atoms with Crippen molar-refractivity contribution in [2.24, 2.45) is 5.92 Å². The Morgan fingerprint density at radius 1 is 1.37 bits per heavy atom. The van der Waals surface area contributed by atoms with Crippen LogP contribution in [0.4, 0.5) is 0 Å². The number of hydrogen-bond donors (Lipinski definition) is 1. The third-order valence-electron chi connectivity index (χ3n) is 3.38. The number of ether oxygens (including phenoxy) is 2. The van der Waals surface area contributed by atoms with Crippen molar-refractivity contribution in [3.8, 4) is 5.75 Å². The summed E-state index contributed by atoms with van der Waals surface area (Å²) in [7, 11) is 1.68. The van der Waals surface area contributed by atoms with E-state index in [1.165, 1.54) is 18.4 Å². The zero-order chi connectivity index (χ0) is 13.7. The number of methoxy groups -OCH3 is 1. The molecule has 0 radical (unpaired) electrons. The van der Waals surface area contributed by atoms with E-state index in [1.807, 2.05) is 6.07 Å². The molecule has 0 bridgehead atoms. The van der Waals surface area contributed by atoms with Gasteiger partial charge in [-0.25, -0.2) is 0 Å². The van der Waals surface area contributed by atoms with Crippen molar-refractivity contribution >= 4 is 15.9 Å². The second kappa shape index (κ2) is 7.27. The van der Waals surface area contributed by atoms with E-state index in [0.29, 0.717) is 19.3 Å². The smallest absolute Gasteiger partial charge is 0.133 e. The predicted octanol–water partition coefficient (Wildman–Crippen LogP) is 3.53. The minimum Gasteiger partial charge on any atom is -0.490 e. The Balaban J connectivity index is 2.04. The van der Waals surface area contributed by atoms with Crippen molar-refractivity contribution in [1.29, 1.82) is 0 Å². The van der Waals surface area contributed by atoms with E-state index in [1.54, 1.807) is 7.11 Å². The number of hydrogen-bond acceptors (Lipinski definition) is 3. The molecule has 3 nitrogen and oxygen atoms in total. The van der Waals surface area contributed by atoms with Crippen molar-refractivity contribution in [2.75, 3.05) is 26.9 Å². The molecule has 1 unspecified atom stereocenters. The second-order valence-corrected chi connectivity index (χ2v) is 5.76. The molecule has 0 aliphatic heterocycles. The molecular formula is C15H22BrNO2. The number of benzene rings is 1. The van der Waals surface area contributed by atoms with Gasteiger partial charge in [0.25, 0.3) is 0 Å². The maximum absolute atomic E-state index is 5.66. The quantitative estimate of drug-likeness (QED) is 0.741. The maximum Gasteiger partial charge on any atom is 0.133 e. The largest absolute Gasteiger partial charge is 0.490 e. The van der Waals surface area contributed by atoms with Crippen LogP contribution in [0.2, 0.25) is 0 Å². The van der Waals surface area contributed by atoms with Crippen molar-refractivity contribution in [3.05, 3.63) is 28.2 Å². The molecule has 0 spiro atoms. The fourth-order valence-electron chi connectivity index (χ4n) is 2.27. The molecule has 0 aromatic heterocycles. The minimum absolute atomic E-state index is 0.481. The molecule has 1 aliphatic carbocycles. The van der Waals surface area contributed by atoms with E-state index in [-0.39, 0.29) is 0 Å². The third kappa shape index (κ3) is 4.20. The molecule has 1 saturated carbocycles. The highest BCUT2D eigenvalue weighted by Crippen LogP contribution is 2.42. The van der Waals surface area contributed by atoms with Gasteiger partial charge in [0.05, 0.1) is 11.1 Å². The van der Waals surface area contributed by atoms with Crippen LogP contribution in [-0.2, 0) is 4.74 Å². The van der Waals surface area contributed by atoms with Crippen molar-refractivity contribution in [3.63, 3.8) is 0 Å². The fourth-order valence-corrected chi connectivity index (χ4v) is 2.78. The Morgan fingerprint density at radius 2 is 2.16 bits per heavy atom. The second-order valence-electron chi connectivity index (χ2n) is 4.90. The molecule has 1 aromatic carbocycles. The molecule has 0 saturated heterocycles. The van der Waals surface area contributed by atoms with Gasteiger partial charge >= 0.3 is 0 Å². The summed E-state index contributed by atoms with van der Waals surface area (Å²) >= 11 is 3.59. The molecule has 0 amide bonds. The molecule has 1 fully saturated rings. The van der Waals surface area contributed by atoms with Crippen molar-refractivity contribution in [2.45, 2.75) is 25.8 Å². The molecule has 1 aromatic rings. The lowest BCUT2D eigenvalue weighted by atomic mass is 10.0. The Hall–Kier alpha value is -0.580. The molecule has 0 heterocycles. The van der Waals surface area contributed by atoms with Crippen LogP contribution in [0.15, 0.2) is 22.7 Å². The zero-order valence-electron chi connectivity index (χ0n) is 11.6. The maximum atomic E-state index is 5.66. The normalized spacial score (nSPS) is 16.4. The summed E-state index contributed by atoms with van der Waals surface area (Å²) in [5, 5.41) is 3.58. The molecular weight excluding hydrogens is 306 g/mol.